The number of aromatic nitrogens is 3. The second kappa shape index (κ2) is 7.67. The Morgan fingerprint density at radius 1 is 1.19 bits per heavy atom. The van der Waals surface area contributed by atoms with Gasteiger partial charge in [0.1, 0.15) is 0 Å². The second-order valence-corrected chi connectivity index (χ2v) is 7.09. The number of carbonyl (C=O) groups is 1. The number of para-hydroxylation sites is 1. The van der Waals surface area contributed by atoms with Crippen molar-refractivity contribution in [3.63, 3.8) is 0 Å². The van der Waals surface area contributed by atoms with Crippen LogP contribution < -0.4 is 5.32 Å². The lowest BCUT2D eigenvalue weighted by molar-refractivity contribution is 0.0954. The Labute approximate surface area is 160 Å². The molecule has 0 saturated heterocycles. The van der Waals surface area contributed by atoms with Crippen molar-refractivity contribution in [2.24, 2.45) is 0 Å². The Balaban J connectivity index is 1.52. The molecule has 3 aromatic heterocycles. The Morgan fingerprint density at radius 3 is 2.85 bits per heavy atom. The average Bonchev–Trinajstić information content (AvgIpc) is 3.36. The van der Waals surface area contributed by atoms with Crippen LogP contribution in [0.5, 0.6) is 0 Å². The van der Waals surface area contributed by atoms with Gasteiger partial charge < -0.3 is 9.84 Å². The van der Waals surface area contributed by atoms with E-state index >= 15 is 0 Å². The Bertz CT molecular complexity index is 1070. The molecule has 136 valence electrons. The summed E-state index contributed by atoms with van der Waals surface area (Å²) in [7, 11) is 0. The third kappa shape index (κ3) is 3.88. The fourth-order valence-electron chi connectivity index (χ4n) is 2.89. The molecular weight excluding hydrogens is 360 g/mol. The van der Waals surface area contributed by atoms with E-state index in [2.05, 4.69) is 15.5 Å². The summed E-state index contributed by atoms with van der Waals surface area (Å²) in [6.07, 6.45) is 1.37. The highest BCUT2D eigenvalue weighted by Gasteiger charge is 2.14. The van der Waals surface area contributed by atoms with Crippen molar-refractivity contribution in [1.82, 2.24) is 20.4 Å². The number of fused-ring (bicyclic) bond motifs is 1. The van der Waals surface area contributed by atoms with Gasteiger partial charge in [0.05, 0.1) is 21.7 Å². The molecule has 1 amide bonds. The standard InChI is InChI=1S/C20H18N4O2S/c1-13-22-19(26-24-13)9-4-10-21-20(25)15-12-17(18-8-5-11-27-18)23-16-7-3-2-6-14(15)16/h2-3,5-8,11-12H,4,9-10H2,1H3,(H,21,25). The van der Waals surface area contributed by atoms with Crippen molar-refractivity contribution < 1.29 is 9.32 Å². The molecule has 0 atom stereocenters. The van der Waals surface area contributed by atoms with Crippen LogP contribution in [0.4, 0.5) is 0 Å². The maximum atomic E-state index is 12.8. The molecule has 0 bridgehead atoms. The number of benzene rings is 1. The van der Waals surface area contributed by atoms with Crippen LogP contribution in [0, 0.1) is 6.92 Å². The zero-order valence-electron chi connectivity index (χ0n) is 14.8. The van der Waals surface area contributed by atoms with Crippen LogP contribution in [-0.4, -0.2) is 27.6 Å². The zero-order chi connectivity index (χ0) is 18.6. The van der Waals surface area contributed by atoms with Gasteiger partial charge in [-0.3, -0.25) is 4.79 Å². The summed E-state index contributed by atoms with van der Waals surface area (Å²) in [5.41, 5.74) is 2.27. The zero-order valence-corrected chi connectivity index (χ0v) is 15.6. The van der Waals surface area contributed by atoms with Crippen LogP contribution in [0.3, 0.4) is 0 Å². The monoisotopic (exact) mass is 378 g/mol. The van der Waals surface area contributed by atoms with Crippen LogP contribution in [0.2, 0.25) is 0 Å². The SMILES string of the molecule is Cc1noc(CCCNC(=O)c2cc(-c3cccs3)nc3ccccc23)n1. The molecule has 0 aliphatic heterocycles. The van der Waals surface area contributed by atoms with Gasteiger partial charge in [-0.05, 0) is 36.9 Å². The van der Waals surface area contributed by atoms with Gasteiger partial charge in [-0.25, -0.2) is 4.98 Å². The highest BCUT2D eigenvalue weighted by Crippen LogP contribution is 2.27. The number of rotatable bonds is 6. The smallest absolute Gasteiger partial charge is 0.252 e. The molecule has 4 aromatic rings. The summed E-state index contributed by atoms with van der Waals surface area (Å²) in [5, 5.41) is 9.61. The molecule has 27 heavy (non-hydrogen) atoms. The van der Waals surface area contributed by atoms with Gasteiger partial charge in [0, 0.05) is 18.4 Å². The van der Waals surface area contributed by atoms with E-state index < -0.39 is 0 Å². The van der Waals surface area contributed by atoms with Crippen LogP contribution in [0.1, 0.15) is 28.5 Å². The summed E-state index contributed by atoms with van der Waals surface area (Å²) < 4.78 is 5.09. The summed E-state index contributed by atoms with van der Waals surface area (Å²) in [6.45, 7) is 2.32. The average molecular weight is 378 g/mol. The number of nitrogens with zero attached hydrogens (tertiary/aromatic N) is 3. The van der Waals surface area contributed by atoms with E-state index in [9.17, 15) is 4.79 Å². The van der Waals surface area contributed by atoms with Gasteiger partial charge in [0.25, 0.3) is 5.91 Å². The number of nitrogens with one attached hydrogen (secondary N) is 1. The van der Waals surface area contributed by atoms with Gasteiger partial charge in [0.2, 0.25) is 5.89 Å². The molecule has 0 radical (unpaired) electrons. The minimum atomic E-state index is -0.104. The number of hydrogen-bond donors (Lipinski definition) is 1. The van der Waals surface area contributed by atoms with E-state index in [0.29, 0.717) is 30.2 Å². The lowest BCUT2D eigenvalue weighted by atomic mass is 10.1. The molecule has 0 aliphatic rings. The summed E-state index contributed by atoms with van der Waals surface area (Å²) in [5.74, 6) is 1.11. The molecule has 3 heterocycles. The van der Waals surface area contributed by atoms with Gasteiger partial charge in [0.15, 0.2) is 5.82 Å². The molecule has 4 rings (SSSR count). The fourth-order valence-corrected chi connectivity index (χ4v) is 3.58. The largest absolute Gasteiger partial charge is 0.352 e. The highest BCUT2D eigenvalue weighted by atomic mass is 32.1. The molecule has 7 heteroatoms. The topological polar surface area (TPSA) is 80.9 Å². The number of hydrogen-bond acceptors (Lipinski definition) is 6. The first-order valence-electron chi connectivity index (χ1n) is 8.72. The fraction of sp³-hybridized carbons (Fsp3) is 0.200. The van der Waals surface area contributed by atoms with Crippen molar-refractivity contribution in [2.75, 3.05) is 6.54 Å². The quantitative estimate of drug-likeness (QED) is 0.513. The van der Waals surface area contributed by atoms with Crippen molar-refractivity contribution in [2.45, 2.75) is 19.8 Å². The van der Waals surface area contributed by atoms with Gasteiger partial charge in [-0.2, -0.15) is 4.98 Å². The second-order valence-electron chi connectivity index (χ2n) is 6.14. The lowest BCUT2D eigenvalue weighted by Crippen LogP contribution is -2.25. The third-order valence-electron chi connectivity index (χ3n) is 4.16. The summed E-state index contributed by atoms with van der Waals surface area (Å²) in [4.78, 5) is 22.7. The van der Waals surface area contributed by atoms with Crippen molar-refractivity contribution in [3.05, 3.63) is 65.1 Å². The number of pyridine rings is 1. The van der Waals surface area contributed by atoms with Crippen molar-refractivity contribution in [3.8, 4) is 10.6 Å². The minimum Gasteiger partial charge on any atom is -0.352 e. The predicted octanol–water partition coefficient (Wildman–Crippen LogP) is 4.02. The maximum Gasteiger partial charge on any atom is 0.252 e. The maximum absolute atomic E-state index is 12.8. The number of aryl methyl sites for hydroxylation is 2. The molecule has 0 spiro atoms. The number of carbonyl (C=O) groups excluding carboxylic acids is 1. The molecule has 1 N–H and O–H groups in total. The molecule has 6 nitrogen and oxygen atoms in total. The number of amides is 1. The Kier molecular flexibility index (Phi) is 4.93. The first-order chi connectivity index (χ1) is 13.2. The molecule has 0 fully saturated rings. The van der Waals surface area contributed by atoms with Crippen molar-refractivity contribution in [1.29, 1.82) is 0 Å². The first-order valence-corrected chi connectivity index (χ1v) is 9.60. The first kappa shape index (κ1) is 17.4. The van der Waals surface area contributed by atoms with Gasteiger partial charge in [-0.15, -0.1) is 11.3 Å². The van der Waals surface area contributed by atoms with E-state index in [1.54, 1.807) is 18.3 Å². The normalized spacial score (nSPS) is 11.0. The summed E-state index contributed by atoms with van der Waals surface area (Å²) >= 11 is 1.61. The van der Waals surface area contributed by atoms with E-state index in [0.717, 1.165) is 27.9 Å². The number of thiophene rings is 1. The molecule has 1 aromatic carbocycles. The molecule has 0 aliphatic carbocycles. The Morgan fingerprint density at radius 2 is 2.07 bits per heavy atom. The molecule has 0 saturated carbocycles. The van der Waals surface area contributed by atoms with E-state index in [1.165, 1.54) is 0 Å². The van der Waals surface area contributed by atoms with Gasteiger partial charge in [-0.1, -0.05) is 29.4 Å². The van der Waals surface area contributed by atoms with E-state index in [4.69, 9.17) is 9.51 Å². The summed E-state index contributed by atoms with van der Waals surface area (Å²) in [6, 6.07) is 13.6. The van der Waals surface area contributed by atoms with Crippen LogP contribution in [0.15, 0.2) is 52.4 Å². The predicted molar refractivity (Wildman–Crippen MR) is 105 cm³/mol. The van der Waals surface area contributed by atoms with Crippen LogP contribution in [0.25, 0.3) is 21.5 Å². The van der Waals surface area contributed by atoms with Crippen LogP contribution >= 0.6 is 11.3 Å². The third-order valence-corrected chi connectivity index (χ3v) is 5.05. The van der Waals surface area contributed by atoms with Crippen LogP contribution in [-0.2, 0) is 6.42 Å². The minimum absolute atomic E-state index is 0.104. The highest BCUT2D eigenvalue weighted by molar-refractivity contribution is 7.13. The van der Waals surface area contributed by atoms with E-state index in [-0.39, 0.29) is 5.91 Å². The van der Waals surface area contributed by atoms with E-state index in [1.807, 2.05) is 47.8 Å². The van der Waals surface area contributed by atoms with Gasteiger partial charge >= 0.3 is 0 Å². The van der Waals surface area contributed by atoms with Crippen molar-refractivity contribution >= 4 is 28.1 Å². The lowest BCUT2D eigenvalue weighted by Gasteiger charge is -2.09. The Hall–Kier alpha value is -3.06. The molecule has 0 unspecified atom stereocenters. The molecular formula is C20H18N4O2S.